The summed E-state index contributed by atoms with van der Waals surface area (Å²) in [6.45, 7) is 3.96. The minimum absolute atomic E-state index is 0.0176. The number of sulfonamides is 1. The number of carbonyl (C=O) groups excluding carboxylic acids is 2. The van der Waals surface area contributed by atoms with Crippen molar-refractivity contribution < 1.29 is 27.5 Å². The maximum atomic E-state index is 14.1. The van der Waals surface area contributed by atoms with Crippen LogP contribution >= 0.6 is 0 Å². The molecule has 1 N–H and O–H groups in total. The lowest BCUT2D eigenvalue weighted by Crippen LogP contribution is -2.52. The van der Waals surface area contributed by atoms with Crippen LogP contribution in [0, 0.1) is 0 Å². The molecule has 0 saturated carbocycles. The third kappa shape index (κ3) is 8.00. The lowest BCUT2D eigenvalue weighted by molar-refractivity contribution is -0.140. The Morgan fingerprint density at radius 2 is 1.54 bits per heavy atom. The number of ether oxygens (including phenoxy) is 2. The topological polar surface area (TPSA) is 105 Å². The number of rotatable bonds is 15. The van der Waals surface area contributed by atoms with Crippen molar-refractivity contribution in [2.45, 2.75) is 50.6 Å². The maximum absolute atomic E-state index is 14.1. The molecule has 0 spiro atoms. The van der Waals surface area contributed by atoms with Crippen molar-refractivity contribution in [3.05, 3.63) is 84.4 Å². The smallest absolute Gasteiger partial charge is 0.264 e. The Hall–Kier alpha value is -4.05. The molecule has 1 unspecified atom stereocenters. The van der Waals surface area contributed by atoms with E-state index < -0.39 is 28.5 Å². The number of nitrogens with one attached hydrogen (secondary N) is 1. The third-order valence-corrected chi connectivity index (χ3v) is 8.47. The Morgan fingerprint density at radius 1 is 0.878 bits per heavy atom. The van der Waals surface area contributed by atoms with Crippen molar-refractivity contribution in [3.8, 4) is 11.5 Å². The molecular weight excluding hydrogens is 542 g/mol. The SMILES string of the molecule is CCCCNC(=O)C(CC)N(Cc1ccccc1)C(=O)CN(c1ccccc1OC)S(=O)(=O)c1ccc(OC)cc1. The van der Waals surface area contributed by atoms with Gasteiger partial charge >= 0.3 is 0 Å². The number of unbranched alkanes of at least 4 members (excludes halogenated alkanes) is 1. The van der Waals surface area contributed by atoms with Gasteiger partial charge in [0.1, 0.15) is 24.1 Å². The molecule has 0 radical (unpaired) electrons. The molecule has 3 aromatic carbocycles. The Bertz CT molecular complexity index is 1380. The summed E-state index contributed by atoms with van der Waals surface area (Å²) in [6, 6.07) is 21.1. The van der Waals surface area contributed by atoms with E-state index >= 15 is 0 Å². The zero-order valence-electron chi connectivity index (χ0n) is 24.1. The molecule has 0 aliphatic rings. The lowest BCUT2D eigenvalue weighted by atomic mass is 10.1. The molecule has 3 rings (SSSR count). The van der Waals surface area contributed by atoms with Crippen molar-refractivity contribution in [1.82, 2.24) is 10.2 Å². The fourth-order valence-electron chi connectivity index (χ4n) is 4.43. The normalized spacial score (nSPS) is 11.8. The number of methoxy groups -OCH3 is 2. The summed E-state index contributed by atoms with van der Waals surface area (Å²) >= 11 is 0. The Morgan fingerprint density at radius 3 is 2.15 bits per heavy atom. The van der Waals surface area contributed by atoms with Gasteiger partial charge in [0.25, 0.3) is 10.0 Å². The van der Waals surface area contributed by atoms with E-state index in [2.05, 4.69) is 5.32 Å². The summed E-state index contributed by atoms with van der Waals surface area (Å²) in [5, 5.41) is 2.93. The van der Waals surface area contributed by atoms with Gasteiger partial charge in [-0.2, -0.15) is 0 Å². The van der Waals surface area contributed by atoms with Gasteiger partial charge in [0.05, 0.1) is 24.8 Å². The van der Waals surface area contributed by atoms with Crippen LogP contribution in [0.25, 0.3) is 0 Å². The first-order valence-corrected chi connectivity index (χ1v) is 15.1. The second-order valence-corrected chi connectivity index (χ2v) is 11.3. The largest absolute Gasteiger partial charge is 0.497 e. The molecule has 2 amide bonds. The van der Waals surface area contributed by atoms with Crippen molar-refractivity contribution >= 4 is 27.5 Å². The van der Waals surface area contributed by atoms with Gasteiger partial charge in [0.15, 0.2) is 0 Å². The van der Waals surface area contributed by atoms with E-state index in [-0.39, 0.29) is 28.8 Å². The molecule has 1 atom stereocenters. The summed E-state index contributed by atoms with van der Waals surface area (Å²) in [6.07, 6.45) is 2.09. The Labute approximate surface area is 243 Å². The third-order valence-electron chi connectivity index (χ3n) is 6.69. The molecule has 0 bridgehead atoms. The summed E-state index contributed by atoms with van der Waals surface area (Å²) in [5.74, 6) is -0.00412. The molecule has 0 aliphatic carbocycles. The molecule has 10 heteroatoms. The van der Waals surface area contributed by atoms with Crippen LogP contribution in [0.5, 0.6) is 11.5 Å². The van der Waals surface area contributed by atoms with Gasteiger partial charge < -0.3 is 19.7 Å². The highest BCUT2D eigenvalue weighted by Crippen LogP contribution is 2.33. The van der Waals surface area contributed by atoms with E-state index in [9.17, 15) is 18.0 Å². The number of hydrogen-bond donors (Lipinski definition) is 1. The van der Waals surface area contributed by atoms with E-state index in [4.69, 9.17) is 9.47 Å². The van der Waals surface area contributed by atoms with Crippen molar-refractivity contribution in [2.75, 3.05) is 31.6 Å². The van der Waals surface area contributed by atoms with E-state index in [0.29, 0.717) is 18.7 Å². The summed E-state index contributed by atoms with van der Waals surface area (Å²) in [5.41, 5.74) is 1.03. The van der Waals surface area contributed by atoms with Crippen LogP contribution in [0.1, 0.15) is 38.7 Å². The minimum Gasteiger partial charge on any atom is -0.497 e. The highest BCUT2D eigenvalue weighted by atomic mass is 32.2. The van der Waals surface area contributed by atoms with Crippen LogP contribution in [0.2, 0.25) is 0 Å². The van der Waals surface area contributed by atoms with E-state index in [1.807, 2.05) is 44.2 Å². The van der Waals surface area contributed by atoms with Gasteiger partial charge in [-0.05, 0) is 54.8 Å². The molecule has 0 heterocycles. The quantitative estimate of drug-likeness (QED) is 0.263. The molecule has 9 nitrogen and oxygen atoms in total. The number of hydrogen-bond acceptors (Lipinski definition) is 6. The first-order valence-electron chi connectivity index (χ1n) is 13.7. The van der Waals surface area contributed by atoms with Crippen molar-refractivity contribution in [1.29, 1.82) is 0 Å². The predicted octanol–water partition coefficient (Wildman–Crippen LogP) is 4.62. The number of benzene rings is 3. The van der Waals surface area contributed by atoms with Gasteiger partial charge in [-0.25, -0.2) is 8.42 Å². The van der Waals surface area contributed by atoms with Gasteiger partial charge in [-0.15, -0.1) is 0 Å². The van der Waals surface area contributed by atoms with Gasteiger partial charge in [-0.1, -0.05) is 62.7 Å². The molecular formula is C31H39N3O6S. The average Bonchev–Trinajstić information content (AvgIpc) is 3.00. The molecule has 0 fully saturated rings. The van der Waals surface area contributed by atoms with E-state index in [0.717, 1.165) is 22.7 Å². The second-order valence-electron chi connectivity index (χ2n) is 9.43. The Kier molecular flexibility index (Phi) is 11.6. The Balaban J connectivity index is 2.06. The number of para-hydroxylation sites is 2. The fraction of sp³-hybridized carbons (Fsp3) is 0.355. The van der Waals surface area contributed by atoms with Crippen LogP contribution in [0.4, 0.5) is 5.69 Å². The summed E-state index contributed by atoms with van der Waals surface area (Å²) in [7, 11) is -1.30. The molecule has 0 saturated heterocycles. The summed E-state index contributed by atoms with van der Waals surface area (Å²) < 4.78 is 39.8. The highest BCUT2D eigenvalue weighted by molar-refractivity contribution is 7.92. The average molecular weight is 582 g/mol. The van der Waals surface area contributed by atoms with Crippen LogP contribution < -0.4 is 19.1 Å². The van der Waals surface area contributed by atoms with Crippen LogP contribution in [-0.4, -0.2) is 58.5 Å². The maximum Gasteiger partial charge on any atom is 0.264 e. The summed E-state index contributed by atoms with van der Waals surface area (Å²) in [4.78, 5) is 28.8. The number of carbonyl (C=O) groups is 2. The van der Waals surface area contributed by atoms with Gasteiger partial charge in [0, 0.05) is 13.1 Å². The zero-order valence-corrected chi connectivity index (χ0v) is 24.9. The van der Waals surface area contributed by atoms with E-state index in [1.165, 1.54) is 31.3 Å². The van der Waals surface area contributed by atoms with Gasteiger partial charge in [-0.3, -0.25) is 13.9 Å². The monoisotopic (exact) mass is 581 g/mol. The predicted molar refractivity (Wildman–Crippen MR) is 160 cm³/mol. The van der Waals surface area contributed by atoms with Crippen LogP contribution in [0.15, 0.2) is 83.8 Å². The zero-order chi connectivity index (χ0) is 29.8. The molecule has 0 aliphatic heterocycles. The van der Waals surface area contributed by atoms with Crippen molar-refractivity contribution in [3.63, 3.8) is 0 Å². The van der Waals surface area contributed by atoms with Gasteiger partial charge in [0.2, 0.25) is 11.8 Å². The number of nitrogens with zero attached hydrogens (tertiary/aromatic N) is 2. The minimum atomic E-state index is -4.23. The standard InChI is InChI=1S/C31H39N3O6S/c1-5-7-21-32-31(36)27(6-2)33(22-24-13-9-8-10-14-24)30(35)23-34(28-15-11-12-16-29(28)40-4)41(37,38)26-19-17-25(39-3)18-20-26/h8-20,27H,5-7,21-23H2,1-4H3,(H,32,36). The number of amides is 2. The van der Waals surface area contributed by atoms with E-state index in [1.54, 1.807) is 36.4 Å². The second kappa shape index (κ2) is 15.1. The van der Waals surface area contributed by atoms with Crippen molar-refractivity contribution in [2.24, 2.45) is 0 Å². The highest BCUT2D eigenvalue weighted by Gasteiger charge is 2.34. The number of anilines is 1. The van der Waals surface area contributed by atoms with Crippen LogP contribution in [0.3, 0.4) is 0 Å². The molecule has 41 heavy (non-hydrogen) atoms. The van der Waals surface area contributed by atoms with Crippen LogP contribution in [-0.2, 0) is 26.2 Å². The molecule has 3 aromatic rings. The first kappa shape index (κ1) is 31.5. The molecule has 220 valence electrons. The fourth-order valence-corrected chi connectivity index (χ4v) is 5.85. The molecule has 0 aromatic heterocycles. The first-order chi connectivity index (χ1) is 19.8. The lowest BCUT2D eigenvalue weighted by Gasteiger charge is -2.33.